The molecule has 0 radical (unpaired) electrons. The highest BCUT2D eigenvalue weighted by molar-refractivity contribution is 7.89. The molecule has 7 nitrogen and oxygen atoms in total. The first-order chi connectivity index (χ1) is 9.71. The molecule has 0 aromatic heterocycles. The molecule has 9 heteroatoms. The first-order valence-corrected chi connectivity index (χ1v) is 7.64. The number of aryl methyl sites for hydroxylation is 1. The molecular weight excluding hydrogens is 303 g/mol. The van der Waals surface area contributed by atoms with Crippen molar-refractivity contribution >= 4 is 15.7 Å². The Morgan fingerprint density at radius 3 is 2.57 bits per heavy atom. The minimum absolute atomic E-state index is 0.0963. The van der Waals surface area contributed by atoms with Gasteiger partial charge >= 0.3 is 5.69 Å². The van der Waals surface area contributed by atoms with Crippen LogP contribution in [0.5, 0.6) is 0 Å². The fourth-order valence-electron chi connectivity index (χ4n) is 1.64. The Morgan fingerprint density at radius 1 is 1.43 bits per heavy atom. The molecule has 0 atom stereocenters. The number of halogens is 1. The van der Waals surface area contributed by atoms with E-state index in [1.165, 1.54) is 14.0 Å². The predicted molar refractivity (Wildman–Crippen MR) is 74.1 cm³/mol. The predicted octanol–water partition coefficient (Wildman–Crippen LogP) is 1.70. The molecule has 0 aliphatic carbocycles. The van der Waals surface area contributed by atoms with Crippen molar-refractivity contribution in [3.05, 3.63) is 33.6 Å². The number of benzene rings is 1. The van der Waals surface area contributed by atoms with E-state index in [0.29, 0.717) is 6.61 Å². The van der Waals surface area contributed by atoms with Gasteiger partial charge in [-0.05, 0) is 25.5 Å². The molecule has 0 unspecified atom stereocenters. The number of hydrogen-bond donors (Lipinski definition) is 0. The van der Waals surface area contributed by atoms with Crippen LogP contribution in [0.25, 0.3) is 0 Å². The first-order valence-electron chi connectivity index (χ1n) is 6.20. The zero-order valence-corrected chi connectivity index (χ0v) is 12.8. The van der Waals surface area contributed by atoms with Crippen molar-refractivity contribution in [3.63, 3.8) is 0 Å². The largest absolute Gasteiger partial charge is 0.380 e. The van der Waals surface area contributed by atoms with Gasteiger partial charge in [0, 0.05) is 26.3 Å². The van der Waals surface area contributed by atoms with Gasteiger partial charge in [-0.15, -0.1) is 0 Å². The van der Waals surface area contributed by atoms with Crippen molar-refractivity contribution in [1.82, 2.24) is 4.31 Å². The standard InChI is InChI=1S/C12H17FN2O5S/c1-4-20-6-5-14(3)21(18,19)10-7-9(2)12(13)11(8-10)15(16)17/h7-8H,4-6H2,1-3H3. The lowest BCUT2D eigenvalue weighted by Crippen LogP contribution is -2.30. The van der Waals surface area contributed by atoms with Gasteiger partial charge in [0.15, 0.2) is 0 Å². The SMILES string of the molecule is CCOCCN(C)S(=O)(=O)c1cc(C)c(F)c([N+](=O)[O-])c1. The van der Waals surface area contributed by atoms with Crippen molar-refractivity contribution in [2.24, 2.45) is 0 Å². The number of nitro groups is 1. The molecule has 0 amide bonds. The molecule has 1 aromatic carbocycles. The summed E-state index contributed by atoms with van der Waals surface area (Å²) in [6.45, 7) is 3.81. The average Bonchev–Trinajstić information content (AvgIpc) is 2.41. The number of likely N-dealkylation sites (N-methyl/N-ethyl adjacent to an activating group) is 1. The van der Waals surface area contributed by atoms with Gasteiger partial charge in [0.05, 0.1) is 16.4 Å². The first kappa shape index (κ1) is 17.5. The molecule has 0 spiro atoms. The number of ether oxygens (including phenoxy) is 1. The van der Waals surface area contributed by atoms with Crippen LogP contribution in [-0.4, -0.2) is 44.5 Å². The molecule has 1 rings (SSSR count). The van der Waals surface area contributed by atoms with Gasteiger partial charge in [-0.2, -0.15) is 8.70 Å². The summed E-state index contributed by atoms with van der Waals surface area (Å²) in [6.07, 6.45) is 0. The van der Waals surface area contributed by atoms with Gasteiger partial charge in [-0.1, -0.05) is 0 Å². The number of nitrogens with zero attached hydrogens (tertiary/aromatic N) is 2. The Morgan fingerprint density at radius 2 is 2.05 bits per heavy atom. The summed E-state index contributed by atoms with van der Waals surface area (Å²) in [6, 6.07) is 1.81. The number of nitro benzene ring substituents is 1. The van der Waals surface area contributed by atoms with E-state index in [9.17, 15) is 22.9 Å². The zero-order chi connectivity index (χ0) is 16.2. The van der Waals surface area contributed by atoms with Gasteiger partial charge in [0.1, 0.15) is 0 Å². The Labute approximate surface area is 122 Å². The monoisotopic (exact) mass is 320 g/mol. The third-order valence-corrected chi connectivity index (χ3v) is 4.70. The summed E-state index contributed by atoms with van der Waals surface area (Å²) in [5, 5.41) is 10.8. The van der Waals surface area contributed by atoms with Crippen LogP contribution in [0.2, 0.25) is 0 Å². The molecular formula is C12H17FN2O5S. The van der Waals surface area contributed by atoms with E-state index in [4.69, 9.17) is 4.74 Å². The summed E-state index contributed by atoms with van der Waals surface area (Å²) < 4.78 is 44.3. The Bertz CT molecular complexity index is 633. The fourth-order valence-corrected chi connectivity index (χ4v) is 2.90. The molecule has 0 saturated carbocycles. The van der Waals surface area contributed by atoms with Crippen molar-refractivity contribution in [2.75, 3.05) is 26.8 Å². The van der Waals surface area contributed by atoms with E-state index in [-0.39, 0.29) is 23.6 Å². The minimum Gasteiger partial charge on any atom is -0.380 e. The van der Waals surface area contributed by atoms with E-state index >= 15 is 0 Å². The van der Waals surface area contributed by atoms with Crippen molar-refractivity contribution in [2.45, 2.75) is 18.7 Å². The molecule has 0 heterocycles. The Hall–Kier alpha value is -1.58. The normalized spacial score (nSPS) is 11.9. The van der Waals surface area contributed by atoms with Crippen LogP contribution in [0.15, 0.2) is 17.0 Å². The minimum atomic E-state index is -3.93. The maximum atomic E-state index is 13.6. The van der Waals surface area contributed by atoms with Crippen LogP contribution < -0.4 is 0 Å². The second-order valence-corrected chi connectivity index (χ2v) is 6.40. The second kappa shape index (κ2) is 6.92. The summed E-state index contributed by atoms with van der Waals surface area (Å²) in [5.74, 6) is -1.03. The van der Waals surface area contributed by atoms with E-state index in [1.54, 1.807) is 6.92 Å². The topological polar surface area (TPSA) is 89.8 Å². The smallest absolute Gasteiger partial charge is 0.306 e. The molecule has 1 aromatic rings. The highest BCUT2D eigenvalue weighted by atomic mass is 32.2. The van der Waals surface area contributed by atoms with Crippen LogP contribution in [0.4, 0.5) is 10.1 Å². The molecule has 21 heavy (non-hydrogen) atoms. The lowest BCUT2D eigenvalue weighted by atomic mass is 10.2. The van der Waals surface area contributed by atoms with Crippen LogP contribution in [0.1, 0.15) is 12.5 Å². The van der Waals surface area contributed by atoms with Gasteiger partial charge < -0.3 is 4.74 Å². The molecule has 0 fully saturated rings. The van der Waals surface area contributed by atoms with E-state index < -0.39 is 26.5 Å². The second-order valence-electron chi connectivity index (χ2n) is 4.35. The summed E-state index contributed by atoms with van der Waals surface area (Å²) in [5.41, 5.74) is -0.951. The number of hydrogen-bond acceptors (Lipinski definition) is 5. The molecule has 0 aliphatic rings. The van der Waals surface area contributed by atoms with Crippen molar-refractivity contribution in [1.29, 1.82) is 0 Å². The van der Waals surface area contributed by atoms with Gasteiger partial charge in [-0.25, -0.2) is 8.42 Å². The van der Waals surface area contributed by atoms with E-state index in [1.807, 2.05) is 0 Å². The Balaban J connectivity index is 3.17. The Kier molecular flexibility index (Phi) is 5.76. The third kappa shape index (κ3) is 3.96. The summed E-state index contributed by atoms with van der Waals surface area (Å²) in [4.78, 5) is 9.52. The molecule has 0 bridgehead atoms. The maximum Gasteiger partial charge on any atom is 0.306 e. The average molecular weight is 320 g/mol. The van der Waals surface area contributed by atoms with Crippen molar-refractivity contribution < 1.29 is 22.5 Å². The fraction of sp³-hybridized carbons (Fsp3) is 0.500. The lowest BCUT2D eigenvalue weighted by molar-refractivity contribution is -0.387. The summed E-state index contributed by atoms with van der Waals surface area (Å²) in [7, 11) is -2.60. The van der Waals surface area contributed by atoms with Gasteiger partial charge in [0.25, 0.3) is 0 Å². The molecule has 0 aliphatic heterocycles. The highest BCUT2D eigenvalue weighted by Gasteiger charge is 2.26. The number of rotatable bonds is 7. The third-order valence-electron chi connectivity index (χ3n) is 2.87. The van der Waals surface area contributed by atoms with Gasteiger partial charge in [0.2, 0.25) is 15.8 Å². The van der Waals surface area contributed by atoms with Crippen LogP contribution in [0.3, 0.4) is 0 Å². The lowest BCUT2D eigenvalue weighted by Gasteiger charge is -2.17. The van der Waals surface area contributed by atoms with Crippen LogP contribution >= 0.6 is 0 Å². The highest BCUT2D eigenvalue weighted by Crippen LogP contribution is 2.26. The van der Waals surface area contributed by atoms with Crippen LogP contribution in [0, 0.1) is 22.9 Å². The zero-order valence-electron chi connectivity index (χ0n) is 12.0. The van der Waals surface area contributed by atoms with Gasteiger partial charge in [-0.3, -0.25) is 10.1 Å². The number of sulfonamides is 1. The quantitative estimate of drug-likeness (QED) is 0.433. The molecule has 118 valence electrons. The molecule has 0 N–H and O–H groups in total. The molecule has 0 saturated heterocycles. The van der Waals surface area contributed by atoms with E-state index in [2.05, 4.69) is 0 Å². The van der Waals surface area contributed by atoms with Crippen molar-refractivity contribution in [3.8, 4) is 0 Å². The maximum absolute atomic E-state index is 13.6. The van der Waals surface area contributed by atoms with Crippen LogP contribution in [-0.2, 0) is 14.8 Å². The summed E-state index contributed by atoms with van der Waals surface area (Å²) >= 11 is 0. The van der Waals surface area contributed by atoms with E-state index in [0.717, 1.165) is 16.4 Å².